The molecule has 6 nitrogen and oxygen atoms in total. The highest BCUT2D eigenvalue weighted by Crippen LogP contribution is 2.31. The summed E-state index contributed by atoms with van der Waals surface area (Å²) in [6.07, 6.45) is 2.81. The maximum atomic E-state index is 12.2. The molecule has 1 aliphatic rings. The van der Waals surface area contributed by atoms with E-state index in [1.165, 1.54) is 23.1 Å². The molecule has 23 heavy (non-hydrogen) atoms. The summed E-state index contributed by atoms with van der Waals surface area (Å²) in [6, 6.07) is -0.259. The lowest BCUT2D eigenvalue weighted by Gasteiger charge is -2.14. The molecular weight excluding hydrogens is 374 g/mol. The van der Waals surface area contributed by atoms with Crippen molar-refractivity contribution in [3.63, 3.8) is 0 Å². The lowest BCUT2D eigenvalue weighted by Crippen LogP contribution is -2.39. The molecule has 0 saturated carbocycles. The molecule has 0 spiro atoms. The summed E-state index contributed by atoms with van der Waals surface area (Å²) in [5.41, 5.74) is 0. The van der Waals surface area contributed by atoms with Crippen LogP contribution in [0, 0.1) is 0 Å². The minimum Gasteiger partial charge on any atom is -0.351 e. The number of carbonyl (C=O) groups excluding carboxylic acids is 1. The van der Waals surface area contributed by atoms with E-state index in [9.17, 15) is 13.2 Å². The third kappa shape index (κ3) is 6.24. The molecule has 1 aromatic heterocycles. The molecule has 1 N–H and O–H groups in total. The average Bonchev–Trinajstić information content (AvgIpc) is 3.05. The molecule has 1 amide bonds. The van der Waals surface area contributed by atoms with Gasteiger partial charge in [-0.05, 0) is 19.8 Å². The van der Waals surface area contributed by atoms with Crippen LogP contribution in [0.3, 0.4) is 0 Å². The zero-order valence-electron chi connectivity index (χ0n) is 13.1. The number of nitrogens with one attached hydrogen (secondary N) is 1. The highest BCUT2D eigenvalue weighted by Gasteiger charge is 2.30. The molecule has 2 heterocycles. The third-order valence-corrected chi connectivity index (χ3v) is 8.43. The Morgan fingerprint density at radius 3 is 2.83 bits per heavy atom. The van der Waals surface area contributed by atoms with Gasteiger partial charge < -0.3 is 5.32 Å². The number of hydrogen-bond acceptors (Lipinski definition) is 8. The van der Waals surface area contributed by atoms with E-state index in [4.69, 9.17) is 0 Å². The molecule has 1 saturated heterocycles. The Kier molecular flexibility index (Phi) is 7.18. The minimum atomic E-state index is -2.98. The molecule has 1 fully saturated rings. The van der Waals surface area contributed by atoms with Gasteiger partial charge in [0.15, 0.2) is 18.5 Å². The average molecular weight is 396 g/mol. The van der Waals surface area contributed by atoms with E-state index in [1.807, 2.05) is 0 Å². The van der Waals surface area contributed by atoms with Crippen LogP contribution in [0.4, 0.5) is 0 Å². The Bertz CT molecular complexity index is 632. The Morgan fingerprint density at radius 1 is 1.43 bits per heavy atom. The van der Waals surface area contributed by atoms with Crippen molar-refractivity contribution >= 4 is 50.6 Å². The number of hydrogen-bond donors (Lipinski definition) is 1. The van der Waals surface area contributed by atoms with Gasteiger partial charge in [0, 0.05) is 11.8 Å². The molecule has 0 bridgehead atoms. The monoisotopic (exact) mass is 395 g/mol. The van der Waals surface area contributed by atoms with E-state index in [0.29, 0.717) is 6.42 Å². The zero-order chi connectivity index (χ0) is 16.9. The smallest absolute Gasteiger partial charge is 0.233 e. The molecule has 1 aromatic rings. The van der Waals surface area contributed by atoms with Crippen molar-refractivity contribution in [1.29, 1.82) is 0 Å². The van der Waals surface area contributed by atoms with Crippen LogP contribution in [0.25, 0.3) is 0 Å². The van der Waals surface area contributed by atoms with E-state index in [0.717, 1.165) is 27.3 Å². The summed E-state index contributed by atoms with van der Waals surface area (Å²) in [6.45, 7) is 3.95. The highest BCUT2D eigenvalue weighted by molar-refractivity contribution is 8.03. The number of rotatable bonds is 8. The van der Waals surface area contributed by atoms with Crippen molar-refractivity contribution < 1.29 is 13.2 Å². The summed E-state index contributed by atoms with van der Waals surface area (Å²) >= 11 is 4.56. The van der Waals surface area contributed by atoms with E-state index < -0.39 is 9.84 Å². The van der Waals surface area contributed by atoms with Gasteiger partial charge in [0.25, 0.3) is 0 Å². The fourth-order valence-electron chi connectivity index (χ4n) is 2.04. The van der Waals surface area contributed by atoms with Crippen molar-refractivity contribution in [2.45, 2.75) is 53.1 Å². The van der Waals surface area contributed by atoms with E-state index >= 15 is 0 Å². The fourth-order valence-corrected chi connectivity index (χ4v) is 7.04. The largest absolute Gasteiger partial charge is 0.351 e. The Labute approximate surface area is 149 Å². The Morgan fingerprint density at radius 2 is 2.17 bits per heavy atom. The molecule has 10 heteroatoms. The normalized spacial score (nSPS) is 21.2. The van der Waals surface area contributed by atoms with Crippen LogP contribution in [0.5, 0.6) is 0 Å². The molecule has 1 aliphatic heterocycles. The number of thioether (sulfide) groups is 2. The van der Waals surface area contributed by atoms with Gasteiger partial charge in [-0.2, -0.15) is 0 Å². The first-order valence-corrected chi connectivity index (χ1v) is 12.0. The SMILES string of the molecule is CCCCSc1nnc(S[C@@H](C)C(=O)N[C@@H]2CCS(=O)(=O)C2)s1. The number of carbonyl (C=O) groups is 1. The molecule has 0 aromatic carbocycles. The Hall–Kier alpha value is -0.320. The molecule has 0 radical (unpaired) electrons. The van der Waals surface area contributed by atoms with Crippen LogP contribution < -0.4 is 5.32 Å². The first kappa shape index (κ1) is 19.0. The lowest BCUT2D eigenvalue weighted by molar-refractivity contribution is -0.120. The van der Waals surface area contributed by atoms with Gasteiger partial charge in [0.1, 0.15) is 0 Å². The number of aromatic nitrogens is 2. The number of unbranched alkanes of at least 4 members (excludes halogenated alkanes) is 1. The third-order valence-electron chi connectivity index (χ3n) is 3.34. The second kappa shape index (κ2) is 8.68. The molecule has 0 aliphatic carbocycles. The number of amides is 1. The number of nitrogens with zero attached hydrogens (tertiary/aromatic N) is 2. The van der Waals surface area contributed by atoms with E-state index in [2.05, 4.69) is 22.4 Å². The first-order valence-electron chi connectivity index (χ1n) is 7.53. The van der Waals surface area contributed by atoms with Crippen molar-refractivity contribution in [3.8, 4) is 0 Å². The highest BCUT2D eigenvalue weighted by atomic mass is 32.2. The van der Waals surface area contributed by atoms with Crippen LogP contribution in [0.1, 0.15) is 33.1 Å². The summed E-state index contributed by atoms with van der Waals surface area (Å²) in [7, 11) is -2.98. The van der Waals surface area contributed by atoms with Gasteiger partial charge in [-0.1, -0.05) is 48.2 Å². The van der Waals surface area contributed by atoms with E-state index in [-0.39, 0.29) is 28.7 Å². The number of sulfone groups is 1. The van der Waals surface area contributed by atoms with Crippen LogP contribution in [0.15, 0.2) is 8.68 Å². The van der Waals surface area contributed by atoms with Gasteiger partial charge in [-0.25, -0.2) is 8.42 Å². The topological polar surface area (TPSA) is 89.0 Å². The van der Waals surface area contributed by atoms with Crippen molar-refractivity contribution in [2.75, 3.05) is 17.3 Å². The van der Waals surface area contributed by atoms with Gasteiger partial charge in [0.2, 0.25) is 5.91 Å². The summed E-state index contributed by atoms with van der Waals surface area (Å²) in [4.78, 5) is 12.2. The Balaban J connectivity index is 1.79. The van der Waals surface area contributed by atoms with Gasteiger partial charge in [-0.15, -0.1) is 10.2 Å². The fraction of sp³-hybridized carbons (Fsp3) is 0.769. The second-order valence-corrected chi connectivity index (χ2v) is 11.5. The van der Waals surface area contributed by atoms with Crippen LogP contribution in [-0.4, -0.2) is 53.1 Å². The van der Waals surface area contributed by atoms with Crippen molar-refractivity contribution in [3.05, 3.63) is 0 Å². The maximum absolute atomic E-state index is 12.2. The molecule has 0 unspecified atom stereocenters. The van der Waals surface area contributed by atoms with Gasteiger partial charge >= 0.3 is 0 Å². The first-order chi connectivity index (χ1) is 10.9. The van der Waals surface area contributed by atoms with Crippen LogP contribution >= 0.6 is 34.9 Å². The second-order valence-electron chi connectivity index (χ2n) is 5.40. The lowest BCUT2D eigenvalue weighted by atomic mass is 10.2. The predicted octanol–water partition coefficient (Wildman–Crippen LogP) is 2.21. The van der Waals surface area contributed by atoms with E-state index in [1.54, 1.807) is 18.7 Å². The zero-order valence-corrected chi connectivity index (χ0v) is 16.4. The van der Waals surface area contributed by atoms with Gasteiger partial charge in [0.05, 0.1) is 16.8 Å². The van der Waals surface area contributed by atoms with Gasteiger partial charge in [-0.3, -0.25) is 4.79 Å². The molecule has 130 valence electrons. The van der Waals surface area contributed by atoms with Crippen LogP contribution in [-0.2, 0) is 14.6 Å². The minimum absolute atomic E-state index is 0.0488. The summed E-state index contributed by atoms with van der Waals surface area (Å²) in [5.74, 6) is 1.09. The summed E-state index contributed by atoms with van der Waals surface area (Å²) < 4.78 is 24.5. The molecule has 2 rings (SSSR count). The predicted molar refractivity (Wildman–Crippen MR) is 96.1 cm³/mol. The van der Waals surface area contributed by atoms with Crippen molar-refractivity contribution in [1.82, 2.24) is 15.5 Å². The molecule has 2 atom stereocenters. The van der Waals surface area contributed by atoms with Crippen molar-refractivity contribution in [2.24, 2.45) is 0 Å². The standard InChI is InChI=1S/C13H21N3O3S4/c1-3-4-6-20-12-15-16-13(22-12)21-9(2)11(17)14-10-5-7-23(18,19)8-10/h9-10H,3-8H2,1-2H3,(H,14,17)/t9-,10+/m0/s1. The summed E-state index contributed by atoms with van der Waals surface area (Å²) in [5, 5.41) is 10.7. The van der Waals surface area contributed by atoms with Crippen LogP contribution in [0.2, 0.25) is 0 Å². The maximum Gasteiger partial charge on any atom is 0.233 e. The molecular formula is C13H21N3O3S4. The quantitative estimate of drug-likeness (QED) is 0.533.